The summed E-state index contributed by atoms with van der Waals surface area (Å²) in [4.78, 5) is 21.6. The van der Waals surface area contributed by atoms with Gasteiger partial charge in [-0.1, -0.05) is 122 Å². The van der Waals surface area contributed by atoms with E-state index < -0.39 is 0 Å². The van der Waals surface area contributed by atoms with E-state index in [-0.39, 0.29) is 47.9 Å². The minimum atomic E-state index is -0.337. The Labute approximate surface area is 311 Å². The number of hydrogen-bond donors (Lipinski definition) is 1. The molecule has 0 unspecified atom stereocenters. The van der Waals surface area contributed by atoms with Crippen LogP contribution in [0.25, 0.3) is 54.7 Å². The molecular formula is C44H52IrN3O2-. The Kier molecular flexibility index (Phi) is 11.8. The third-order valence-electron chi connectivity index (χ3n) is 11.2. The van der Waals surface area contributed by atoms with Gasteiger partial charge in [-0.25, -0.2) is 4.98 Å². The van der Waals surface area contributed by atoms with Crippen LogP contribution in [-0.4, -0.2) is 25.4 Å². The summed E-state index contributed by atoms with van der Waals surface area (Å²) in [6.07, 6.45) is 6.43. The topological polar surface area (TPSA) is 68.0 Å². The number of aryl methyl sites for hydroxylation is 1. The second-order valence-corrected chi connectivity index (χ2v) is 15.0. The molecule has 2 aromatic heterocycles. The van der Waals surface area contributed by atoms with Crippen molar-refractivity contribution in [1.82, 2.24) is 14.5 Å². The summed E-state index contributed by atoms with van der Waals surface area (Å²) in [5.41, 5.74) is 4.92. The first kappa shape index (κ1) is 38.9. The van der Waals surface area contributed by atoms with Gasteiger partial charge in [-0.2, -0.15) is 0 Å². The van der Waals surface area contributed by atoms with Crippen LogP contribution in [0.15, 0.2) is 84.9 Å². The molecule has 0 fully saturated rings. The number of nitrogens with zero attached hydrogens (tertiary/aromatic N) is 3. The Morgan fingerprint density at radius 3 is 2.08 bits per heavy atom. The summed E-state index contributed by atoms with van der Waals surface area (Å²) in [6, 6.07) is 27.3. The number of allylic oxidation sites excluding steroid dienone is 2. The van der Waals surface area contributed by atoms with Crippen LogP contribution >= 0.6 is 0 Å². The van der Waals surface area contributed by atoms with Crippen LogP contribution < -0.4 is 0 Å². The maximum Gasteiger partial charge on any atom is 0.164 e. The number of hydrogen-bond acceptors (Lipinski definition) is 4. The van der Waals surface area contributed by atoms with Crippen LogP contribution in [0.3, 0.4) is 0 Å². The Hall–Kier alpha value is -3.86. The van der Waals surface area contributed by atoms with Crippen molar-refractivity contribution >= 4 is 49.3 Å². The predicted molar refractivity (Wildman–Crippen MR) is 207 cm³/mol. The first-order valence-corrected chi connectivity index (χ1v) is 17.7. The third kappa shape index (κ3) is 7.16. The van der Waals surface area contributed by atoms with Gasteiger partial charge in [0.2, 0.25) is 0 Å². The Morgan fingerprint density at radius 1 is 0.800 bits per heavy atom. The molecule has 50 heavy (non-hydrogen) atoms. The molecule has 4 aromatic carbocycles. The Bertz CT molecular complexity index is 2180. The molecule has 0 bridgehead atoms. The Balaban J connectivity index is 0.000000269. The van der Waals surface area contributed by atoms with Crippen molar-refractivity contribution in [3.8, 4) is 11.3 Å². The third-order valence-corrected chi connectivity index (χ3v) is 11.2. The molecule has 0 saturated heterocycles. The van der Waals surface area contributed by atoms with Gasteiger partial charge in [0.25, 0.3) is 0 Å². The van der Waals surface area contributed by atoms with Gasteiger partial charge in [0, 0.05) is 65.9 Å². The normalized spacial score (nSPS) is 12.6. The molecule has 265 valence electrons. The summed E-state index contributed by atoms with van der Waals surface area (Å²) in [5.74, 6) is 0.286. The number of fused-ring (bicyclic) bond motifs is 6. The molecule has 2 heterocycles. The summed E-state index contributed by atoms with van der Waals surface area (Å²) in [5, 5.41) is 17.2. The molecule has 5 nitrogen and oxygen atoms in total. The standard InChI is InChI=1S/C29H24N3.C15H28O2.Ir/c1-29(2,3)20-13-15-21-19(16-20)9-7-11-23(21)26-25-24-14-12-18-8-5-6-10-22(18)27(24)32(4)28(25)31-17-30-26;1-7-14(5,8-2)12(16)11-13(17)15(6,9-3)10-4;/h5-10,12-17H,1-4H3;11,16H,7-10H2,1-6H3;/q-1;;/b;12-11-;. The molecule has 0 atom stereocenters. The molecule has 0 saturated carbocycles. The average Bonchev–Trinajstić information content (AvgIpc) is 3.42. The van der Waals surface area contributed by atoms with Crippen molar-refractivity contribution < 1.29 is 30.0 Å². The van der Waals surface area contributed by atoms with E-state index in [1.165, 1.54) is 44.1 Å². The summed E-state index contributed by atoms with van der Waals surface area (Å²) in [6.45, 7) is 18.8. The van der Waals surface area contributed by atoms with E-state index in [2.05, 4.69) is 104 Å². The van der Waals surface area contributed by atoms with Gasteiger partial charge in [0.15, 0.2) is 5.78 Å². The number of carbonyl (C=O) groups is 1. The second-order valence-electron chi connectivity index (χ2n) is 15.0. The molecule has 0 spiro atoms. The average molecular weight is 847 g/mol. The van der Waals surface area contributed by atoms with E-state index in [0.717, 1.165) is 48.0 Å². The molecule has 0 aliphatic rings. The van der Waals surface area contributed by atoms with Gasteiger partial charge in [-0.3, -0.25) is 9.78 Å². The largest absolute Gasteiger partial charge is 0.512 e. The van der Waals surface area contributed by atoms with Crippen LogP contribution in [0, 0.1) is 16.9 Å². The fourth-order valence-corrected chi connectivity index (χ4v) is 6.56. The summed E-state index contributed by atoms with van der Waals surface area (Å²) >= 11 is 0. The van der Waals surface area contributed by atoms with Crippen molar-refractivity contribution in [2.45, 2.75) is 93.4 Å². The maximum atomic E-state index is 12.2. The van der Waals surface area contributed by atoms with E-state index >= 15 is 0 Å². The fraction of sp³-hybridized carbons (Fsp3) is 0.386. The van der Waals surface area contributed by atoms with Crippen molar-refractivity contribution in [3.05, 3.63) is 96.5 Å². The number of aliphatic hydroxyl groups excluding tert-OH is 1. The van der Waals surface area contributed by atoms with Crippen molar-refractivity contribution in [2.75, 3.05) is 0 Å². The van der Waals surface area contributed by atoms with Gasteiger partial charge in [0.05, 0.1) is 5.52 Å². The first-order chi connectivity index (χ1) is 23.2. The number of rotatable bonds is 8. The molecule has 0 aliphatic carbocycles. The van der Waals surface area contributed by atoms with Crippen LogP contribution in [0.2, 0.25) is 0 Å². The van der Waals surface area contributed by atoms with E-state index in [1.807, 2.05) is 47.6 Å². The van der Waals surface area contributed by atoms with Crippen molar-refractivity contribution in [1.29, 1.82) is 0 Å². The van der Waals surface area contributed by atoms with Crippen LogP contribution in [0.1, 0.15) is 93.6 Å². The van der Waals surface area contributed by atoms with Gasteiger partial charge in [0.1, 0.15) is 17.7 Å². The molecule has 1 N–H and O–H groups in total. The van der Waals surface area contributed by atoms with E-state index in [1.54, 1.807) is 6.33 Å². The van der Waals surface area contributed by atoms with Gasteiger partial charge in [-0.15, -0.1) is 29.1 Å². The zero-order valence-electron chi connectivity index (χ0n) is 31.4. The van der Waals surface area contributed by atoms with Gasteiger partial charge in [-0.05, 0) is 42.0 Å². The molecule has 1 radical (unpaired) electrons. The Morgan fingerprint density at radius 2 is 1.44 bits per heavy atom. The van der Waals surface area contributed by atoms with E-state index in [0.29, 0.717) is 0 Å². The number of aliphatic hydroxyl groups is 1. The monoisotopic (exact) mass is 847 g/mol. The molecular weight excluding hydrogens is 795 g/mol. The zero-order chi connectivity index (χ0) is 35.7. The summed E-state index contributed by atoms with van der Waals surface area (Å²) in [7, 11) is 2.09. The molecule has 6 aromatic rings. The number of aromatic nitrogens is 3. The van der Waals surface area contributed by atoms with Crippen molar-refractivity contribution in [2.24, 2.45) is 17.9 Å². The zero-order valence-corrected chi connectivity index (χ0v) is 33.8. The molecule has 6 rings (SSSR count). The predicted octanol–water partition coefficient (Wildman–Crippen LogP) is 11.8. The van der Waals surface area contributed by atoms with Crippen LogP contribution in [0.5, 0.6) is 0 Å². The van der Waals surface area contributed by atoms with E-state index in [4.69, 9.17) is 4.98 Å². The van der Waals surface area contributed by atoms with Gasteiger partial charge < -0.3 is 9.67 Å². The van der Waals surface area contributed by atoms with Gasteiger partial charge >= 0.3 is 0 Å². The molecule has 0 aliphatic heterocycles. The minimum Gasteiger partial charge on any atom is -0.512 e. The second kappa shape index (κ2) is 15.2. The summed E-state index contributed by atoms with van der Waals surface area (Å²) < 4.78 is 2.20. The fourth-order valence-electron chi connectivity index (χ4n) is 6.56. The van der Waals surface area contributed by atoms with Crippen LogP contribution in [-0.2, 0) is 37.4 Å². The minimum absolute atomic E-state index is 0. The smallest absolute Gasteiger partial charge is 0.164 e. The quantitative estimate of drug-likeness (QED) is 0.0941. The SMILES string of the molecule is CCC(C)(CC)C(=O)/C=C(\O)C(C)(CC)CC.Cn1c2ncnc(-c3[c-]ccc4cc(C(C)(C)C)ccc34)c2c2ccc3ccccc3c21.[Ir]. The number of ketones is 1. The first-order valence-electron chi connectivity index (χ1n) is 17.7. The number of benzene rings is 4. The van der Waals surface area contributed by atoms with E-state index in [9.17, 15) is 9.90 Å². The number of carbonyl (C=O) groups excluding carboxylic acids is 1. The van der Waals surface area contributed by atoms with Crippen molar-refractivity contribution in [3.63, 3.8) is 0 Å². The molecule has 0 amide bonds. The van der Waals surface area contributed by atoms with Crippen LogP contribution in [0.4, 0.5) is 0 Å². The maximum absolute atomic E-state index is 12.2. The molecule has 6 heteroatoms.